The van der Waals surface area contributed by atoms with Crippen LogP contribution >= 0.6 is 0 Å². The second-order valence-electron chi connectivity index (χ2n) is 8.42. The van der Waals surface area contributed by atoms with E-state index >= 15 is 0 Å². The third-order valence-corrected chi connectivity index (χ3v) is 6.74. The van der Waals surface area contributed by atoms with Crippen LogP contribution in [-0.2, 0) is 15.1 Å². The van der Waals surface area contributed by atoms with Crippen LogP contribution in [0, 0.1) is 0 Å². The molecule has 2 saturated heterocycles. The van der Waals surface area contributed by atoms with Gasteiger partial charge in [0, 0.05) is 0 Å². The van der Waals surface area contributed by atoms with Crippen LogP contribution in [0.1, 0.15) is 28.4 Å². The molecular formula is C29H23NO2. The van der Waals surface area contributed by atoms with E-state index in [0.717, 1.165) is 22.3 Å². The second-order valence-corrected chi connectivity index (χ2v) is 8.42. The van der Waals surface area contributed by atoms with Gasteiger partial charge in [0.25, 0.3) is 0 Å². The molecule has 0 aromatic heterocycles. The molecule has 3 unspecified atom stereocenters. The van der Waals surface area contributed by atoms with Gasteiger partial charge in [0.05, 0.1) is 11.6 Å². The average molecular weight is 418 g/mol. The Kier molecular flexibility index (Phi) is 4.44. The molecule has 3 nitrogen and oxygen atoms in total. The number of carbonyl (C=O) groups excluding carboxylic acids is 1. The minimum absolute atomic E-state index is 0.0227. The lowest BCUT2D eigenvalue weighted by Gasteiger charge is -2.40. The van der Waals surface area contributed by atoms with Crippen LogP contribution in [0.2, 0.25) is 0 Å². The quantitative estimate of drug-likeness (QED) is 0.250. The molecule has 0 radical (unpaired) electrons. The summed E-state index contributed by atoms with van der Waals surface area (Å²) >= 11 is 0. The number of benzene rings is 4. The van der Waals surface area contributed by atoms with Crippen LogP contribution in [0.25, 0.3) is 0 Å². The number of esters is 1. The molecule has 2 aliphatic heterocycles. The Bertz CT molecular complexity index is 1130. The van der Waals surface area contributed by atoms with Crippen LogP contribution in [-0.4, -0.2) is 23.0 Å². The lowest BCUT2D eigenvalue weighted by molar-refractivity contribution is -0.147. The SMILES string of the molecule is O=C1O[C@H](c2ccccc2)C2C1N2C(c1ccccc1)(c1ccccc1)c1ccccc1. The summed E-state index contributed by atoms with van der Waals surface area (Å²) in [7, 11) is 0. The molecule has 2 aliphatic rings. The zero-order chi connectivity index (χ0) is 21.5. The summed E-state index contributed by atoms with van der Waals surface area (Å²) in [5.41, 5.74) is 3.88. The first-order valence-corrected chi connectivity index (χ1v) is 11.0. The van der Waals surface area contributed by atoms with Gasteiger partial charge >= 0.3 is 5.97 Å². The second kappa shape index (κ2) is 7.47. The molecule has 4 aromatic carbocycles. The molecule has 6 rings (SSSR count). The van der Waals surface area contributed by atoms with E-state index in [-0.39, 0.29) is 24.2 Å². The Labute approximate surface area is 187 Å². The molecular weight excluding hydrogens is 394 g/mol. The first-order chi connectivity index (χ1) is 15.8. The smallest absolute Gasteiger partial charge is 0.325 e. The lowest BCUT2D eigenvalue weighted by Crippen LogP contribution is -2.42. The fraction of sp³-hybridized carbons (Fsp3) is 0.138. The molecule has 0 aliphatic carbocycles. The zero-order valence-electron chi connectivity index (χ0n) is 17.5. The number of cyclic esters (lactones) is 1. The maximum atomic E-state index is 13.1. The summed E-state index contributed by atoms with van der Waals surface area (Å²) in [6.45, 7) is 0. The third-order valence-electron chi connectivity index (χ3n) is 6.74. The van der Waals surface area contributed by atoms with E-state index in [0.29, 0.717) is 0 Å². The fourth-order valence-corrected chi connectivity index (χ4v) is 5.40. The third kappa shape index (κ3) is 2.75. The van der Waals surface area contributed by atoms with Gasteiger partial charge in [-0.25, -0.2) is 0 Å². The maximum absolute atomic E-state index is 13.1. The van der Waals surface area contributed by atoms with Gasteiger partial charge in [-0.2, -0.15) is 0 Å². The van der Waals surface area contributed by atoms with Crippen molar-refractivity contribution in [3.63, 3.8) is 0 Å². The van der Waals surface area contributed by atoms with Gasteiger partial charge < -0.3 is 4.74 Å². The van der Waals surface area contributed by atoms with Crippen molar-refractivity contribution in [3.8, 4) is 0 Å². The molecule has 0 bridgehead atoms. The topological polar surface area (TPSA) is 29.3 Å². The van der Waals surface area contributed by atoms with Crippen LogP contribution in [0.5, 0.6) is 0 Å². The van der Waals surface area contributed by atoms with Crippen LogP contribution in [0.4, 0.5) is 0 Å². The van der Waals surface area contributed by atoms with E-state index < -0.39 is 5.54 Å². The van der Waals surface area contributed by atoms with Crippen molar-refractivity contribution in [1.82, 2.24) is 4.90 Å². The highest BCUT2D eigenvalue weighted by atomic mass is 16.6. The number of hydrogen-bond donors (Lipinski definition) is 0. The van der Waals surface area contributed by atoms with Crippen molar-refractivity contribution >= 4 is 5.97 Å². The fourth-order valence-electron chi connectivity index (χ4n) is 5.40. The Hall–Kier alpha value is -3.69. The Morgan fingerprint density at radius 3 is 1.44 bits per heavy atom. The number of ether oxygens (including phenoxy) is 1. The Balaban J connectivity index is 1.58. The highest BCUT2D eigenvalue weighted by molar-refractivity contribution is 5.85. The van der Waals surface area contributed by atoms with Gasteiger partial charge in [-0.1, -0.05) is 121 Å². The van der Waals surface area contributed by atoms with Crippen LogP contribution in [0.15, 0.2) is 121 Å². The highest BCUT2D eigenvalue weighted by Crippen LogP contribution is 2.58. The first-order valence-electron chi connectivity index (χ1n) is 11.0. The van der Waals surface area contributed by atoms with Gasteiger partial charge in [0.15, 0.2) is 0 Å². The Morgan fingerprint density at radius 2 is 1.00 bits per heavy atom. The monoisotopic (exact) mass is 417 g/mol. The molecule has 32 heavy (non-hydrogen) atoms. The summed E-state index contributed by atoms with van der Waals surface area (Å²) in [6, 6.07) is 41.3. The highest BCUT2D eigenvalue weighted by Gasteiger charge is 2.71. The van der Waals surface area contributed by atoms with Crippen LogP contribution < -0.4 is 0 Å². The van der Waals surface area contributed by atoms with Gasteiger partial charge in [-0.15, -0.1) is 0 Å². The van der Waals surface area contributed by atoms with E-state index in [9.17, 15) is 4.79 Å². The van der Waals surface area contributed by atoms with Crippen molar-refractivity contribution in [3.05, 3.63) is 144 Å². The molecule has 2 heterocycles. The minimum atomic E-state index is -0.592. The standard InChI is InChI=1S/C29H23NO2/c31-28-26-25(27(32-28)21-13-5-1-6-14-21)30(26)29(22-15-7-2-8-16-22,23-17-9-3-10-18-23)24-19-11-4-12-20-24/h1-20,25-27H/t25?,26?,27-,30?/m1/s1. The number of rotatable bonds is 5. The van der Waals surface area contributed by atoms with Gasteiger partial charge in [0.1, 0.15) is 12.1 Å². The molecule has 2 fully saturated rings. The first kappa shape index (κ1) is 19.0. The van der Waals surface area contributed by atoms with Gasteiger partial charge in [-0.05, 0) is 22.3 Å². The number of morpholine rings is 1. The van der Waals surface area contributed by atoms with Gasteiger partial charge in [0.2, 0.25) is 0 Å². The lowest BCUT2D eigenvalue weighted by atomic mass is 9.76. The number of nitrogens with zero attached hydrogens (tertiary/aromatic N) is 1. The molecule has 4 aromatic rings. The van der Waals surface area contributed by atoms with Crippen LogP contribution in [0.3, 0.4) is 0 Å². The van der Waals surface area contributed by atoms with E-state index in [1.165, 1.54) is 0 Å². The normalized spacial score (nSPS) is 23.9. The van der Waals surface area contributed by atoms with E-state index in [4.69, 9.17) is 4.74 Å². The zero-order valence-corrected chi connectivity index (χ0v) is 17.5. The molecule has 0 saturated carbocycles. The predicted molar refractivity (Wildman–Crippen MR) is 124 cm³/mol. The number of fused-ring (bicyclic) bond motifs is 1. The molecule has 156 valence electrons. The number of hydrogen-bond acceptors (Lipinski definition) is 3. The van der Waals surface area contributed by atoms with Crippen molar-refractivity contribution < 1.29 is 9.53 Å². The minimum Gasteiger partial charge on any atom is -0.455 e. The summed E-state index contributed by atoms with van der Waals surface area (Å²) in [5.74, 6) is -0.143. The summed E-state index contributed by atoms with van der Waals surface area (Å²) in [5, 5.41) is 0. The van der Waals surface area contributed by atoms with E-state index in [1.54, 1.807) is 0 Å². The summed E-state index contributed by atoms with van der Waals surface area (Å²) in [6.07, 6.45) is -0.274. The molecule has 0 N–H and O–H groups in total. The van der Waals surface area contributed by atoms with Crippen molar-refractivity contribution in [2.24, 2.45) is 0 Å². The molecule has 4 atom stereocenters. The largest absolute Gasteiger partial charge is 0.455 e. The average Bonchev–Trinajstić information content (AvgIpc) is 3.51. The molecule has 3 heteroatoms. The van der Waals surface area contributed by atoms with E-state index in [2.05, 4.69) is 77.7 Å². The predicted octanol–water partition coefficient (Wildman–Crippen LogP) is 5.33. The van der Waals surface area contributed by atoms with Crippen molar-refractivity contribution in [2.75, 3.05) is 0 Å². The molecule has 0 spiro atoms. The molecule has 0 amide bonds. The van der Waals surface area contributed by atoms with E-state index in [1.807, 2.05) is 48.5 Å². The summed E-state index contributed by atoms with van der Waals surface area (Å²) in [4.78, 5) is 15.4. The van der Waals surface area contributed by atoms with Gasteiger partial charge in [-0.3, -0.25) is 9.69 Å². The van der Waals surface area contributed by atoms with Crippen molar-refractivity contribution in [1.29, 1.82) is 0 Å². The maximum Gasteiger partial charge on any atom is 0.325 e. The van der Waals surface area contributed by atoms with Crippen molar-refractivity contribution in [2.45, 2.75) is 23.7 Å². The number of carbonyl (C=O) groups is 1. The Morgan fingerprint density at radius 1 is 0.594 bits per heavy atom. The summed E-state index contributed by atoms with van der Waals surface area (Å²) < 4.78 is 5.86.